The van der Waals surface area contributed by atoms with Gasteiger partial charge in [0.1, 0.15) is 0 Å². The molecule has 0 aliphatic rings. The third kappa shape index (κ3) is 9.63. The number of aromatic nitrogens is 1. The van der Waals surface area contributed by atoms with Crippen molar-refractivity contribution in [3.05, 3.63) is 30.1 Å². The Bertz CT molecular complexity index is 698. The highest BCUT2D eigenvalue weighted by Crippen LogP contribution is 2.36. The number of nitrogens with zero attached hydrogens (tertiary/aromatic N) is 2. The van der Waals surface area contributed by atoms with E-state index < -0.39 is 23.7 Å². The second kappa shape index (κ2) is 9.95. The van der Waals surface area contributed by atoms with E-state index in [4.69, 9.17) is 4.52 Å². The standard InChI is InChI=1S/C13H23N4O6PS/c1-17(2)8-9-23-24(19,20)15-7-4-10-25(21,22)16-13(18)12-5-3-6-14-11-12/h3,5-6,11H,4,7-10H2,1-2H3,(H,16,18)(H2,15,19,20). The Hall–Kier alpha value is -1.36. The summed E-state index contributed by atoms with van der Waals surface area (Å²) in [7, 11) is -4.24. The van der Waals surface area contributed by atoms with Crippen molar-refractivity contribution in [1.29, 1.82) is 0 Å². The largest absolute Gasteiger partial charge is 0.402 e. The van der Waals surface area contributed by atoms with Crippen LogP contribution in [0.2, 0.25) is 0 Å². The lowest BCUT2D eigenvalue weighted by Crippen LogP contribution is -2.33. The van der Waals surface area contributed by atoms with Crippen molar-refractivity contribution in [2.45, 2.75) is 6.42 Å². The average molecular weight is 394 g/mol. The Morgan fingerprint density at radius 2 is 2.16 bits per heavy atom. The van der Waals surface area contributed by atoms with E-state index in [1.54, 1.807) is 19.0 Å². The molecule has 0 bridgehead atoms. The number of hydrogen-bond acceptors (Lipinski definition) is 7. The molecule has 1 rings (SSSR count). The zero-order valence-electron chi connectivity index (χ0n) is 14.1. The molecule has 12 heteroatoms. The van der Waals surface area contributed by atoms with Gasteiger partial charge in [-0.15, -0.1) is 0 Å². The van der Waals surface area contributed by atoms with Gasteiger partial charge < -0.3 is 9.79 Å². The summed E-state index contributed by atoms with van der Waals surface area (Å²) in [6.07, 6.45) is 2.74. The normalized spacial score (nSPS) is 14.2. The van der Waals surface area contributed by atoms with Crippen molar-refractivity contribution in [2.24, 2.45) is 0 Å². The van der Waals surface area contributed by atoms with Crippen LogP contribution in [0.3, 0.4) is 0 Å². The van der Waals surface area contributed by atoms with Gasteiger partial charge in [0.25, 0.3) is 5.91 Å². The van der Waals surface area contributed by atoms with Crippen molar-refractivity contribution >= 4 is 23.7 Å². The number of amides is 1. The highest BCUT2D eigenvalue weighted by Gasteiger charge is 2.20. The van der Waals surface area contributed by atoms with E-state index >= 15 is 0 Å². The number of sulfonamides is 1. The molecule has 1 unspecified atom stereocenters. The topological polar surface area (TPSA) is 138 Å². The lowest BCUT2D eigenvalue weighted by molar-refractivity contribution is 0.0981. The molecule has 10 nitrogen and oxygen atoms in total. The van der Waals surface area contributed by atoms with Crippen LogP contribution in [0.15, 0.2) is 24.5 Å². The molecule has 25 heavy (non-hydrogen) atoms. The van der Waals surface area contributed by atoms with Gasteiger partial charge in [0.05, 0.1) is 17.9 Å². The van der Waals surface area contributed by atoms with Gasteiger partial charge in [0.2, 0.25) is 10.0 Å². The van der Waals surface area contributed by atoms with E-state index in [0.29, 0.717) is 6.54 Å². The van der Waals surface area contributed by atoms with Crippen LogP contribution >= 0.6 is 7.75 Å². The van der Waals surface area contributed by atoms with Gasteiger partial charge in [-0.05, 0) is 32.6 Å². The van der Waals surface area contributed by atoms with E-state index in [2.05, 4.69) is 10.1 Å². The molecule has 0 aromatic carbocycles. The molecular formula is C13H23N4O6PS. The van der Waals surface area contributed by atoms with Crippen LogP contribution in [0, 0.1) is 0 Å². The molecule has 0 saturated heterocycles. The second-order valence-electron chi connectivity index (χ2n) is 5.41. The Balaban J connectivity index is 2.34. The van der Waals surface area contributed by atoms with Gasteiger partial charge in [-0.3, -0.25) is 14.3 Å². The zero-order valence-corrected chi connectivity index (χ0v) is 15.8. The van der Waals surface area contributed by atoms with Crippen LogP contribution in [0.1, 0.15) is 16.8 Å². The van der Waals surface area contributed by atoms with Gasteiger partial charge in [-0.1, -0.05) is 0 Å². The maximum atomic E-state index is 11.8. The Kier molecular flexibility index (Phi) is 8.63. The number of hydrogen-bond donors (Lipinski definition) is 3. The maximum absolute atomic E-state index is 11.8. The summed E-state index contributed by atoms with van der Waals surface area (Å²) in [6, 6.07) is 2.95. The smallest absolute Gasteiger partial charge is 0.312 e. The SMILES string of the molecule is CN(C)CCOP(=O)(O)NCCCS(=O)(=O)NC(=O)c1cccnc1. The van der Waals surface area contributed by atoms with Crippen LogP contribution in [-0.4, -0.2) is 68.6 Å². The Labute approximate surface area is 147 Å². The first kappa shape index (κ1) is 21.7. The fourth-order valence-corrected chi connectivity index (χ4v) is 3.51. The molecular weight excluding hydrogens is 371 g/mol. The van der Waals surface area contributed by atoms with Crippen LogP contribution < -0.4 is 9.81 Å². The molecule has 0 fully saturated rings. The maximum Gasteiger partial charge on any atom is 0.402 e. The van der Waals surface area contributed by atoms with Crippen molar-refractivity contribution in [3.63, 3.8) is 0 Å². The second-order valence-corrected chi connectivity index (χ2v) is 8.87. The Morgan fingerprint density at radius 3 is 2.76 bits per heavy atom. The summed E-state index contributed by atoms with van der Waals surface area (Å²) < 4.78 is 42.1. The summed E-state index contributed by atoms with van der Waals surface area (Å²) in [5.41, 5.74) is 0.123. The first-order chi connectivity index (χ1) is 11.6. The van der Waals surface area contributed by atoms with E-state index in [1.165, 1.54) is 24.5 Å². The molecule has 1 heterocycles. The molecule has 0 aliphatic heterocycles. The van der Waals surface area contributed by atoms with E-state index in [9.17, 15) is 22.7 Å². The number of rotatable bonds is 11. The highest BCUT2D eigenvalue weighted by molar-refractivity contribution is 7.90. The minimum atomic E-state index is -3.97. The van der Waals surface area contributed by atoms with Crippen LogP contribution in [0.25, 0.3) is 0 Å². The lowest BCUT2D eigenvalue weighted by atomic mass is 10.3. The minimum absolute atomic E-state index is 0.0250. The van der Waals surface area contributed by atoms with Gasteiger partial charge in [-0.2, -0.15) is 0 Å². The Morgan fingerprint density at radius 1 is 1.44 bits per heavy atom. The van der Waals surface area contributed by atoms with Crippen LogP contribution in [0.5, 0.6) is 0 Å². The number of carbonyl (C=O) groups excluding carboxylic acids is 1. The highest BCUT2D eigenvalue weighted by atomic mass is 32.2. The van der Waals surface area contributed by atoms with Gasteiger partial charge in [0, 0.05) is 25.5 Å². The molecule has 0 aliphatic carbocycles. The van der Waals surface area contributed by atoms with Crippen molar-refractivity contribution in [2.75, 3.05) is 39.5 Å². The van der Waals surface area contributed by atoms with Gasteiger partial charge >= 0.3 is 7.75 Å². The number of nitrogens with one attached hydrogen (secondary N) is 2. The molecule has 0 radical (unpaired) electrons. The molecule has 1 aromatic rings. The quantitative estimate of drug-likeness (QED) is 0.344. The van der Waals surface area contributed by atoms with Crippen molar-refractivity contribution < 1.29 is 27.2 Å². The average Bonchev–Trinajstić information content (AvgIpc) is 2.51. The fourth-order valence-electron chi connectivity index (χ4n) is 1.62. The fraction of sp³-hybridized carbons (Fsp3) is 0.538. The molecule has 0 spiro atoms. The third-order valence-corrected chi connectivity index (χ3v) is 5.36. The molecule has 142 valence electrons. The molecule has 1 amide bonds. The molecule has 3 N–H and O–H groups in total. The summed E-state index contributed by atoms with van der Waals surface area (Å²) in [5.74, 6) is -1.16. The van der Waals surface area contributed by atoms with Gasteiger partial charge in [0.15, 0.2) is 0 Å². The predicted octanol–water partition coefficient (Wildman–Crippen LogP) is -0.200. The van der Waals surface area contributed by atoms with Gasteiger partial charge in [-0.25, -0.2) is 22.8 Å². The van der Waals surface area contributed by atoms with E-state index in [-0.39, 0.29) is 30.9 Å². The third-order valence-electron chi connectivity index (χ3n) is 2.88. The summed E-state index contributed by atoms with van der Waals surface area (Å²) >= 11 is 0. The number of carbonyl (C=O) groups is 1. The molecule has 1 atom stereocenters. The van der Waals surface area contributed by atoms with Crippen LogP contribution in [0.4, 0.5) is 0 Å². The molecule has 1 aromatic heterocycles. The molecule has 0 saturated carbocycles. The first-order valence-electron chi connectivity index (χ1n) is 7.43. The minimum Gasteiger partial charge on any atom is -0.312 e. The van der Waals surface area contributed by atoms with Crippen molar-refractivity contribution in [3.8, 4) is 0 Å². The number of pyridine rings is 1. The zero-order chi connectivity index (χ0) is 18.9. The monoisotopic (exact) mass is 394 g/mol. The lowest BCUT2D eigenvalue weighted by Gasteiger charge is -2.15. The van der Waals surface area contributed by atoms with Crippen molar-refractivity contribution in [1.82, 2.24) is 19.7 Å². The predicted molar refractivity (Wildman–Crippen MR) is 92.4 cm³/mol. The first-order valence-corrected chi connectivity index (χ1v) is 10.7. The van der Waals surface area contributed by atoms with Crippen LogP contribution in [-0.2, 0) is 19.1 Å². The number of likely N-dealkylation sites (N-methyl/N-ethyl adjacent to an activating group) is 1. The summed E-state index contributed by atoms with van der Waals surface area (Å²) in [6.45, 7) is 0.478. The summed E-state index contributed by atoms with van der Waals surface area (Å²) in [5, 5.41) is 2.27. The summed E-state index contributed by atoms with van der Waals surface area (Å²) in [4.78, 5) is 26.8. The van der Waals surface area contributed by atoms with E-state index in [1.807, 2.05) is 4.72 Å². The van der Waals surface area contributed by atoms with E-state index in [0.717, 1.165) is 0 Å².